The monoisotopic (exact) mass is 386 g/mol. The molecule has 0 spiro atoms. The van der Waals surface area contributed by atoms with Crippen molar-refractivity contribution >= 4 is 11.8 Å². The Morgan fingerprint density at radius 3 is 2.26 bits per heavy atom. The predicted molar refractivity (Wildman–Crippen MR) is 105 cm³/mol. The van der Waals surface area contributed by atoms with E-state index >= 15 is 0 Å². The van der Waals surface area contributed by atoms with Gasteiger partial charge in [-0.05, 0) is 38.5 Å². The first-order chi connectivity index (χ1) is 13.0. The first-order valence-electron chi connectivity index (χ1n) is 9.40. The Balaban J connectivity index is 1.55. The van der Waals surface area contributed by atoms with Crippen LogP contribution in [0, 0.1) is 0 Å². The van der Waals surface area contributed by atoms with Crippen LogP contribution in [0.1, 0.15) is 26.3 Å². The second-order valence-corrected chi connectivity index (χ2v) is 8.64. The highest BCUT2D eigenvalue weighted by Crippen LogP contribution is 2.42. The molecule has 5 heteroatoms. The lowest BCUT2D eigenvalue weighted by molar-refractivity contribution is -0.175. The highest BCUT2D eigenvalue weighted by atomic mass is 32.2. The molecule has 144 valence electrons. The van der Waals surface area contributed by atoms with E-state index in [9.17, 15) is 0 Å². The van der Waals surface area contributed by atoms with Crippen LogP contribution >= 0.6 is 11.8 Å². The SMILES string of the molecule is C[C@@H]1O[C@H](Sc2ccccc2)[C@@H](OCc2ccccc2)[C@@H]2OC(C)(C)O[C@@H]21. The van der Waals surface area contributed by atoms with Crippen LogP contribution in [0.4, 0.5) is 0 Å². The highest BCUT2D eigenvalue weighted by Gasteiger charge is 2.54. The molecule has 0 saturated carbocycles. The molecule has 2 aromatic rings. The van der Waals surface area contributed by atoms with Crippen molar-refractivity contribution in [2.24, 2.45) is 0 Å². The van der Waals surface area contributed by atoms with Gasteiger partial charge in [0.1, 0.15) is 23.7 Å². The lowest BCUT2D eigenvalue weighted by Gasteiger charge is -2.40. The number of fused-ring (bicyclic) bond motifs is 1. The average molecular weight is 387 g/mol. The minimum atomic E-state index is -0.631. The maximum absolute atomic E-state index is 6.36. The van der Waals surface area contributed by atoms with Gasteiger partial charge in [-0.15, -0.1) is 0 Å². The van der Waals surface area contributed by atoms with Gasteiger partial charge in [0.2, 0.25) is 0 Å². The van der Waals surface area contributed by atoms with Gasteiger partial charge in [-0.25, -0.2) is 0 Å². The van der Waals surface area contributed by atoms with E-state index in [4.69, 9.17) is 18.9 Å². The van der Waals surface area contributed by atoms with Gasteiger partial charge in [-0.2, -0.15) is 0 Å². The van der Waals surface area contributed by atoms with Gasteiger partial charge in [0, 0.05) is 4.90 Å². The van der Waals surface area contributed by atoms with Crippen molar-refractivity contribution in [1.82, 2.24) is 0 Å². The second kappa shape index (κ2) is 7.94. The molecule has 27 heavy (non-hydrogen) atoms. The van der Waals surface area contributed by atoms with Gasteiger partial charge >= 0.3 is 0 Å². The molecule has 0 aliphatic carbocycles. The molecule has 0 amide bonds. The van der Waals surface area contributed by atoms with Crippen molar-refractivity contribution in [3.63, 3.8) is 0 Å². The van der Waals surface area contributed by atoms with Crippen LogP contribution in [0.2, 0.25) is 0 Å². The molecule has 2 fully saturated rings. The van der Waals surface area contributed by atoms with Gasteiger partial charge in [0.25, 0.3) is 0 Å². The van der Waals surface area contributed by atoms with E-state index in [0.717, 1.165) is 10.5 Å². The topological polar surface area (TPSA) is 36.9 Å². The summed E-state index contributed by atoms with van der Waals surface area (Å²) in [5, 5.41) is 0. The van der Waals surface area contributed by atoms with Crippen molar-refractivity contribution < 1.29 is 18.9 Å². The van der Waals surface area contributed by atoms with Crippen LogP contribution in [0.25, 0.3) is 0 Å². The van der Waals surface area contributed by atoms with E-state index in [-0.39, 0.29) is 29.9 Å². The Morgan fingerprint density at radius 2 is 1.56 bits per heavy atom. The highest BCUT2D eigenvalue weighted by molar-refractivity contribution is 7.99. The zero-order chi connectivity index (χ0) is 18.9. The molecule has 0 unspecified atom stereocenters. The minimum Gasteiger partial charge on any atom is -0.367 e. The smallest absolute Gasteiger partial charge is 0.164 e. The van der Waals surface area contributed by atoms with Crippen LogP contribution in [-0.2, 0) is 25.6 Å². The Labute approximate surface area is 165 Å². The van der Waals surface area contributed by atoms with Gasteiger partial charge in [-0.3, -0.25) is 0 Å². The third-order valence-corrected chi connectivity index (χ3v) is 6.00. The van der Waals surface area contributed by atoms with Crippen molar-refractivity contribution in [2.75, 3.05) is 0 Å². The van der Waals surface area contributed by atoms with Crippen molar-refractivity contribution in [3.05, 3.63) is 66.2 Å². The molecule has 2 aliphatic rings. The Morgan fingerprint density at radius 1 is 0.926 bits per heavy atom. The normalized spacial score (nSPS) is 32.2. The molecule has 2 saturated heterocycles. The van der Waals surface area contributed by atoms with Crippen LogP contribution in [0.15, 0.2) is 65.6 Å². The number of benzene rings is 2. The summed E-state index contributed by atoms with van der Waals surface area (Å²) in [5.74, 6) is -0.631. The average Bonchev–Trinajstić information content (AvgIpc) is 2.99. The van der Waals surface area contributed by atoms with Gasteiger partial charge in [0.05, 0.1) is 12.7 Å². The Bertz CT molecular complexity index is 736. The molecule has 0 N–H and O–H groups in total. The van der Waals surface area contributed by atoms with E-state index in [1.54, 1.807) is 11.8 Å². The third-order valence-electron chi connectivity index (χ3n) is 4.85. The van der Waals surface area contributed by atoms with Crippen molar-refractivity contribution in [2.45, 2.75) is 67.9 Å². The first kappa shape index (κ1) is 19.0. The molecule has 5 atom stereocenters. The molecular weight excluding hydrogens is 360 g/mol. The molecule has 4 nitrogen and oxygen atoms in total. The summed E-state index contributed by atoms with van der Waals surface area (Å²) in [7, 11) is 0. The molecule has 0 bridgehead atoms. The molecule has 2 heterocycles. The zero-order valence-corrected chi connectivity index (χ0v) is 16.7. The predicted octanol–water partition coefficient (Wildman–Crippen LogP) is 4.63. The number of ether oxygens (including phenoxy) is 4. The Hall–Kier alpha value is -1.37. The lowest BCUT2D eigenvalue weighted by Crippen LogP contribution is -2.55. The summed E-state index contributed by atoms with van der Waals surface area (Å²) >= 11 is 1.68. The fourth-order valence-electron chi connectivity index (χ4n) is 3.62. The van der Waals surface area contributed by atoms with Gasteiger partial charge in [0.15, 0.2) is 5.79 Å². The Kier molecular flexibility index (Phi) is 5.58. The van der Waals surface area contributed by atoms with E-state index in [1.807, 2.05) is 57.2 Å². The summed E-state index contributed by atoms with van der Waals surface area (Å²) in [6, 6.07) is 20.5. The summed E-state index contributed by atoms with van der Waals surface area (Å²) in [4.78, 5) is 1.15. The molecule has 0 aromatic heterocycles. The van der Waals surface area contributed by atoms with Gasteiger partial charge < -0.3 is 18.9 Å². The van der Waals surface area contributed by atoms with E-state index in [0.29, 0.717) is 6.61 Å². The van der Waals surface area contributed by atoms with E-state index in [1.165, 1.54) is 0 Å². The summed E-state index contributed by atoms with van der Waals surface area (Å²) in [6.07, 6.45) is -0.574. The van der Waals surface area contributed by atoms with Crippen molar-refractivity contribution in [1.29, 1.82) is 0 Å². The third kappa shape index (κ3) is 4.39. The molecule has 4 rings (SSSR count). The van der Waals surface area contributed by atoms with Crippen LogP contribution in [0.3, 0.4) is 0 Å². The quantitative estimate of drug-likeness (QED) is 0.749. The van der Waals surface area contributed by atoms with Crippen LogP contribution in [0.5, 0.6) is 0 Å². The molecular formula is C22H26O4S. The number of thioether (sulfide) groups is 1. The lowest BCUT2D eigenvalue weighted by atomic mass is 10.0. The maximum atomic E-state index is 6.36. The van der Waals surface area contributed by atoms with E-state index in [2.05, 4.69) is 24.3 Å². The minimum absolute atomic E-state index is 0.0606. The number of hydrogen-bond acceptors (Lipinski definition) is 5. The van der Waals surface area contributed by atoms with Crippen LogP contribution < -0.4 is 0 Å². The standard InChI is InChI=1S/C22H26O4S/c1-15-18-19(26-22(2,3)25-18)20(23-14-16-10-6-4-7-11-16)21(24-15)27-17-12-8-5-9-13-17/h4-13,15,18-21H,14H2,1-3H3/t15-,18+,19+,20-,21+/m0/s1. The molecule has 2 aliphatic heterocycles. The molecule has 2 aromatic carbocycles. The summed E-state index contributed by atoms with van der Waals surface area (Å²) < 4.78 is 25.1. The fourth-order valence-corrected chi connectivity index (χ4v) is 4.80. The van der Waals surface area contributed by atoms with E-state index < -0.39 is 5.79 Å². The van der Waals surface area contributed by atoms with Crippen LogP contribution in [-0.4, -0.2) is 35.6 Å². The summed E-state index contributed by atoms with van der Waals surface area (Å²) in [5.41, 5.74) is 0.971. The van der Waals surface area contributed by atoms with Crippen molar-refractivity contribution in [3.8, 4) is 0 Å². The second-order valence-electron chi connectivity index (χ2n) is 7.47. The number of hydrogen-bond donors (Lipinski definition) is 0. The largest absolute Gasteiger partial charge is 0.367 e. The number of rotatable bonds is 5. The summed E-state index contributed by atoms with van der Waals surface area (Å²) in [6.45, 7) is 6.47. The first-order valence-corrected chi connectivity index (χ1v) is 10.3. The maximum Gasteiger partial charge on any atom is 0.164 e. The molecule has 0 radical (unpaired) electrons. The van der Waals surface area contributed by atoms with Gasteiger partial charge in [-0.1, -0.05) is 60.3 Å². The fraction of sp³-hybridized carbons (Fsp3) is 0.455. The zero-order valence-electron chi connectivity index (χ0n) is 15.9.